The van der Waals surface area contributed by atoms with Crippen LogP contribution in [0.15, 0.2) is 59.6 Å². The topological polar surface area (TPSA) is 77.2 Å². The summed E-state index contributed by atoms with van der Waals surface area (Å²) < 4.78 is 0. The number of benzene rings is 2. The van der Waals surface area contributed by atoms with Crippen LogP contribution in [0.5, 0.6) is 0 Å². The number of imide groups is 1. The number of aromatic amines is 1. The van der Waals surface area contributed by atoms with Gasteiger partial charge >= 0.3 is 0 Å². The van der Waals surface area contributed by atoms with Gasteiger partial charge in [-0.3, -0.25) is 9.59 Å². The molecule has 1 aromatic heterocycles. The monoisotopic (exact) mass is 424 g/mol. The number of hydrogen-bond donors (Lipinski definition) is 3. The lowest BCUT2D eigenvalue weighted by Gasteiger charge is -2.15. The van der Waals surface area contributed by atoms with Crippen molar-refractivity contribution in [2.45, 2.75) is 23.5 Å². The number of carbonyl (C=O) groups is 2. The first-order valence-electron chi connectivity index (χ1n) is 9.30. The molecule has 2 aromatic carbocycles. The number of aromatic nitrogens is 1. The number of amides is 2. The summed E-state index contributed by atoms with van der Waals surface area (Å²) in [5.41, 5.74) is 2.34. The first-order chi connectivity index (χ1) is 14.0. The lowest BCUT2D eigenvalue weighted by Crippen LogP contribution is -2.31. The molecule has 6 nitrogen and oxygen atoms in total. The van der Waals surface area contributed by atoms with Gasteiger partial charge in [0.25, 0.3) is 0 Å². The fourth-order valence-corrected chi connectivity index (χ4v) is 4.66. The number of rotatable bonds is 5. The highest BCUT2D eigenvalue weighted by atomic mass is 32.2. The van der Waals surface area contributed by atoms with Crippen molar-refractivity contribution in [1.29, 1.82) is 0 Å². The molecule has 0 radical (unpaired) electrons. The molecular formula is C21H20N4O2S2. The number of hydrogen-bond acceptors (Lipinski definition) is 4. The van der Waals surface area contributed by atoms with E-state index in [1.807, 2.05) is 61.7 Å². The minimum atomic E-state index is -0.446. The SMILES string of the molecule is CCNC(=S)Nc1cccc(SC2CC(=O)N(c3ccc4cc[nH]c4c3)C2=O)c1. The zero-order valence-electron chi connectivity index (χ0n) is 15.8. The van der Waals surface area contributed by atoms with Crippen molar-refractivity contribution < 1.29 is 9.59 Å². The molecular weight excluding hydrogens is 404 g/mol. The van der Waals surface area contributed by atoms with Crippen LogP contribution in [0.3, 0.4) is 0 Å². The first kappa shape index (κ1) is 19.5. The molecule has 3 N–H and O–H groups in total. The molecule has 1 aliphatic heterocycles. The molecule has 8 heteroatoms. The van der Waals surface area contributed by atoms with Gasteiger partial charge in [0.15, 0.2) is 5.11 Å². The molecule has 0 bridgehead atoms. The number of fused-ring (bicyclic) bond motifs is 1. The van der Waals surface area contributed by atoms with Gasteiger partial charge in [-0.25, -0.2) is 4.90 Å². The molecule has 4 rings (SSSR count). The van der Waals surface area contributed by atoms with Crippen LogP contribution >= 0.6 is 24.0 Å². The highest BCUT2D eigenvalue weighted by Crippen LogP contribution is 2.35. The van der Waals surface area contributed by atoms with Crippen LogP contribution in [0.4, 0.5) is 11.4 Å². The van der Waals surface area contributed by atoms with E-state index < -0.39 is 5.25 Å². The maximum absolute atomic E-state index is 13.0. The quantitative estimate of drug-likeness (QED) is 0.426. The highest BCUT2D eigenvalue weighted by Gasteiger charge is 2.40. The molecule has 0 spiro atoms. The highest BCUT2D eigenvalue weighted by molar-refractivity contribution is 8.00. The van der Waals surface area contributed by atoms with Crippen LogP contribution in [0.2, 0.25) is 0 Å². The van der Waals surface area contributed by atoms with Gasteiger partial charge in [-0.15, -0.1) is 11.8 Å². The minimum absolute atomic E-state index is 0.180. The Labute approximate surface area is 178 Å². The predicted molar refractivity (Wildman–Crippen MR) is 121 cm³/mol. The molecule has 3 aromatic rings. The van der Waals surface area contributed by atoms with Gasteiger partial charge in [-0.2, -0.15) is 0 Å². The Balaban J connectivity index is 1.50. The minimum Gasteiger partial charge on any atom is -0.363 e. The average Bonchev–Trinajstić information content (AvgIpc) is 3.26. The molecule has 148 valence electrons. The second kappa shape index (κ2) is 8.26. The van der Waals surface area contributed by atoms with Gasteiger partial charge in [0, 0.05) is 35.3 Å². The van der Waals surface area contributed by atoms with E-state index in [-0.39, 0.29) is 18.2 Å². The van der Waals surface area contributed by atoms with Crippen molar-refractivity contribution in [2.75, 3.05) is 16.8 Å². The number of nitrogens with one attached hydrogen (secondary N) is 3. The molecule has 0 saturated carbocycles. The fourth-order valence-electron chi connectivity index (χ4n) is 3.29. The lowest BCUT2D eigenvalue weighted by molar-refractivity contribution is -0.121. The summed E-state index contributed by atoms with van der Waals surface area (Å²) in [6.45, 7) is 2.71. The summed E-state index contributed by atoms with van der Waals surface area (Å²) in [5.74, 6) is -0.367. The van der Waals surface area contributed by atoms with Crippen LogP contribution in [0.1, 0.15) is 13.3 Å². The number of thiocarbonyl (C=S) groups is 1. The van der Waals surface area contributed by atoms with Gasteiger partial charge in [-0.05, 0) is 60.9 Å². The van der Waals surface area contributed by atoms with E-state index >= 15 is 0 Å². The van der Waals surface area contributed by atoms with Crippen molar-refractivity contribution in [3.63, 3.8) is 0 Å². The average molecular weight is 425 g/mol. The summed E-state index contributed by atoms with van der Waals surface area (Å²) in [6, 6.07) is 15.2. The Morgan fingerprint density at radius 2 is 2.10 bits per heavy atom. The second-order valence-electron chi connectivity index (χ2n) is 6.64. The van der Waals surface area contributed by atoms with Crippen LogP contribution < -0.4 is 15.5 Å². The maximum Gasteiger partial charge on any atom is 0.247 e. The molecule has 1 atom stereocenters. The summed E-state index contributed by atoms with van der Waals surface area (Å²) in [5, 5.41) is 7.30. The Bertz CT molecular complexity index is 1090. The van der Waals surface area contributed by atoms with E-state index in [1.165, 1.54) is 16.7 Å². The molecule has 1 unspecified atom stereocenters. The van der Waals surface area contributed by atoms with E-state index in [1.54, 1.807) is 0 Å². The van der Waals surface area contributed by atoms with Crippen molar-refractivity contribution in [3.05, 3.63) is 54.7 Å². The Morgan fingerprint density at radius 3 is 2.93 bits per heavy atom. The number of anilines is 2. The van der Waals surface area contributed by atoms with Gasteiger partial charge in [0.05, 0.1) is 10.9 Å². The van der Waals surface area contributed by atoms with Gasteiger partial charge in [0.2, 0.25) is 11.8 Å². The smallest absolute Gasteiger partial charge is 0.247 e. The fraction of sp³-hybridized carbons (Fsp3) is 0.190. The Kier molecular flexibility index (Phi) is 5.55. The second-order valence-corrected chi connectivity index (χ2v) is 8.32. The number of H-pyrrole nitrogens is 1. The Hall–Kier alpha value is -2.84. The number of thioether (sulfide) groups is 1. The third kappa shape index (κ3) is 4.13. The van der Waals surface area contributed by atoms with E-state index in [9.17, 15) is 9.59 Å². The number of nitrogens with zero attached hydrogens (tertiary/aromatic N) is 1. The third-order valence-electron chi connectivity index (χ3n) is 4.61. The van der Waals surface area contributed by atoms with E-state index in [0.717, 1.165) is 28.0 Å². The van der Waals surface area contributed by atoms with E-state index in [4.69, 9.17) is 12.2 Å². The van der Waals surface area contributed by atoms with E-state index in [2.05, 4.69) is 15.6 Å². The summed E-state index contributed by atoms with van der Waals surface area (Å²) >= 11 is 6.61. The zero-order valence-corrected chi connectivity index (χ0v) is 17.4. The summed E-state index contributed by atoms with van der Waals surface area (Å²) in [7, 11) is 0. The molecule has 29 heavy (non-hydrogen) atoms. The molecule has 1 saturated heterocycles. The zero-order chi connectivity index (χ0) is 20.4. The van der Waals surface area contributed by atoms with Crippen molar-refractivity contribution in [3.8, 4) is 0 Å². The van der Waals surface area contributed by atoms with Crippen LogP contribution in [0.25, 0.3) is 10.9 Å². The van der Waals surface area contributed by atoms with Crippen LogP contribution in [-0.4, -0.2) is 33.7 Å². The van der Waals surface area contributed by atoms with Crippen molar-refractivity contribution in [1.82, 2.24) is 10.3 Å². The first-order valence-corrected chi connectivity index (χ1v) is 10.6. The van der Waals surface area contributed by atoms with Crippen LogP contribution in [-0.2, 0) is 9.59 Å². The maximum atomic E-state index is 13.0. The van der Waals surface area contributed by atoms with Crippen molar-refractivity contribution >= 4 is 63.2 Å². The normalized spacial score (nSPS) is 16.4. The number of carbonyl (C=O) groups excluding carboxylic acids is 2. The van der Waals surface area contributed by atoms with Gasteiger partial charge in [0.1, 0.15) is 0 Å². The largest absolute Gasteiger partial charge is 0.363 e. The molecule has 1 fully saturated rings. The Morgan fingerprint density at radius 1 is 1.24 bits per heavy atom. The third-order valence-corrected chi connectivity index (χ3v) is 6.03. The molecule has 2 heterocycles. The standard InChI is InChI=1S/C21H20N4O2S2/c1-2-22-21(28)24-14-4-3-5-16(10-14)29-18-12-19(26)25(20(18)27)15-7-6-13-8-9-23-17(13)11-15/h3-11,18,23H,2,12H2,1H3,(H2,22,24,28). The van der Waals surface area contributed by atoms with E-state index in [0.29, 0.717) is 10.8 Å². The lowest BCUT2D eigenvalue weighted by atomic mass is 10.2. The van der Waals surface area contributed by atoms with Crippen LogP contribution in [0, 0.1) is 0 Å². The summed E-state index contributed by atoms with van der Waals surface area (Å²) in [6.07, 6.45) is 2.02. The molecule has 2 amide bonds. The predicted octanol–water partition coefficient (Wildman–Crippen LogP) is 3.90. The molecule has 1 aliphatic rings. The van der Waals surface area contributed by atoms with Gasteiger partial charge in [-0.1, -0.05) is 12.1 Å². The summed E-state index contributed by atoms with van der Waals surface area (Å²) in [4.78, 5) is 30.9. The van der Waals surface area contributed by atoms with Gasteiger partial charge < -0.3 is 15.6 Å². The van der Waals surface area contributed by atoms with Crippen molar-refractivity contribution in [2.24, 2.45) is 0 Å². The molecule has 0 aliphatic carbocycles.